The molecule has 0 spiro atoms. The summed E-state index contributed by atoms with van der Waals surface area (Å²) >= 11 is 12.0. The number of ether oxygens (including phenoxy) is 1. The van der Waals surface area contributed by atoms with Gasteiger partial charge in [0, 0.05) is 24.7 Å². The molecule has 11 heteroatoms. The van der Waals surface area contributed by atoms with Crippen LogP contribution in [0.25, 0.3) is 0 Å². The fraction of sp³-hybridized carbons (Fsp3) is 0.263. The molecule has 0 saturated heterocycles. The second kappa shape index (κ2) is 11.1. The summed E-state index contributed by atoms with van der Waals surface area (Å²) in [5, 5.41) is 31.2. The number of non-ortho nitro benzene ring substituents is 1. The third-order valence-corrected chi connectivity index (χ3v) is 4.36. The third-order valence-electron chi connectivity index (χ3n) is 3.78. The SMILES string of the molecule is CC(=O)OCCCC(C#N)Nc1ccc(N=Nc2c(Cl)cc([N+](=O)[O-])cc2Cl)cc1. The molecule has 1 N–H and O–H groups in total. The van der Waals surface area contributed by atoms with Crippen molar-refractivity contribution in [3.05, 3.63) is 56.6 Å². The second-order valence-corrected chi connectivity index (χ2v) is 6.88. The lowest BCUT2D eigenvalue weighted by atomic mass is 10.1. The molecule has 2 rings (SSSR count). The van der Waals surface area contributed by atoms with Crippen LogP contribution in [0.4, 0.5) is 22.7 Å². The minimum Gasteiger partial charge on any atom is -0.466 e. The molecule has 0 amide bonds. The fourth-order valence-electron chi connectivity index (χ4n) is 2.36. The fourth-order valence-corrected chi connectivity index (χ4v) is 2.91. The molecule has 1 atom stereocenters. The number of anilines is 1. The van der Waals surface area contributed by atoms with Crippen LogP contribution in [0.1, 0.15) is 19.8 Å². The van der Waals surface area contributed by atoms with Gasteiger partial charge in [0.25, 0.3) is 5.69 Å². The van der Waals surface area contributed by atoms with Crippen molar-refractivity contribution in [3.8, 4) is 6.07 Å². The van der Waals surface area contributed by atoms with E-state index in [-0.39, 0.29) is 34.0 Å². The Hall–Kier alpha value is -3.22. The third kappa shape index (κ3) is 6.99. The molecule has 0 bridgehead atoms. The first-order valence-corrected chi connectivity index (χ1v) is 9.50. The van der Waals surface area contributed by atoms with E-state index in [1.165, 1.54) is 6.92 Å². The van der Waals surface area contributed by atoms with Crippen LogP contribution < -0.4 is 5.32 Å². The monoisotopic (exact) mass is 449 g/mol. The Kier molecular flexibility index (Phi) is 8.53. The number of nitrogens with one attached hydrogen (secondary N) is 1. The average molecular weight is 450 g/mol. The maximum absolute atomic E-state index is 10.8. The van der Waals surface area contributed by atoms with Crippen molar-refractivity contribution in [2.24, 2.45) is 10.2 Å². The molecule has 156 valence electrons. The number of benzene rings is 2. The summed E-state index contributed by atoms with van der Waals surface area (Å²) in [7, 11) is 0. The molecule has 0 aliphatic rings. The van der Waals surface area contributed by atoms with Crippen LogP contribution in [-0.2, 0) is 9.53 Å². The lowest BCUT2D eigenvalue weighted by molar-refractivity contribution is -0.384. The molecule has 9 nitrogen and oxygen atoms in total. The Balaban J connectivity index is 2.00. The van der Waals surface area contributed by atoms with E-state index in [2.05, 4.69) is 21.6 Å². The van der Waals surface area contributed by atoms with Crippen LogP contribution in [0.2, 0.25) is 10.0 Å². The quantitative estimate of drug-likeness (QED) is 0.165. The van der Waals surface area contributed by atoms with Gasteiger partial charge in [-0.2, -0.15) is 10.4 Å². The molecule has 0 heterocycles. The Morgan fingerprint density at radius 3 is 2.43 bits per heavy atom. The van der Waals surface area contributed by atoms with Gasteiger partial charge >= 0.3 is 5.97 Å². The number of azo groups is 1. The van der Waals surface area contributed by atoms with E-state index < -0.39 is 11.0 Å². The standard InChI is InChI=1S/C19H17Cl2N5O4/c1-12(27)30-8-2-3-15(11-22)23-13-4-6-14(7-5-13)24-25-19-17(20)9-16(26(28)29)10-18(19)21/h4-7,9-10,15,23H,2-3,8H2,1H3. The largest absolute Gasteiger partial charge is 0.466 e. The Bertz CT molecular complexity index is 966. The number of carbonyl (C=O) groups excluding carboxylic acids is 1. The van der Waals surface area contributed by atoms with Crippen LogP contribution in [0.5, 0.6) is 0 Å². The minimum absolute atomic E-state index is 0.0156. The number of nitro benzene ring substituents is 1. The highest BCUT2D eigenvalue weighted by atomic mass is 35.5. The van der Waals surface area contributed by atoms with Gasteiger partial charge in [-0.3, -0.25) is 14.9 Å². The van der Waals surface area contributed by atoms with Gasteiger partial charge in [0.05, 0.1) is 33.3 Å². The van der Waals surface area contributed by atoms with Gasteiger partial charge in [0.1, 0.15) is 11.7 Å². The summed E-state index contributed by atoms with van der Waals surface area (Å²) in [5.41, 5.74) is 1.09. The lowest BCUT2D eigenvalue weighted by Crippen LogP contribution is -2.18. The highest BCUT2D eigenvalue weighted by molar-refractivity contribution is 6.39. The van der Waals surface area contributed by atoms with Crippen molar-refractivity contribution in [1.82, 2.24) is 0 Å². The molecule has 30 heavy (non-hydrogen) atoms. The average Bonchev–Trinajstić information content (AvgIpc) is 2.70. The van der Waals surface area contributed by atoms with Crippen molar-refractivity contribution in [1.29, 1.82) is 5.26 Å². The maximum atomic E-state index is 10.8. The number of hydrogen-bond acceptors (Lipinski definition) is 8. The van der Waals surface area contributed by atoms with Crippen molar-refractivity contribution in [2.45, 2.75) is 25.8 Å². The molecule has 0 saturated carbocycles. The molecule has 0 aliphatic heterocycles. The van der Waals surface area contributed by atoms with Crippen LogP contribution in [-0.4, -0.2) is 23.5 Å². The number of rotatable bonds is 9. The van der Waals surface area contributed by atoms with E-state index in [1.807, 2.05) is 0 Å². The number of hydrogen-bond donors (Lipinski definition) is 1. The van der Waals surface area contributed by atoms with Gasteiger partial charge in [-0.05, 0) is 37.1 Å². The van der Waals surface area contributed by atoms with E-state index in [9.17, 15) is 20.2 Å². The molecular weight excluding hydrogens is 433 g/mol. The molecule has 0 fully saturated rings. The van der Waals surface area contributed by atoms with Gasteiger partial charge in [-0.25, -0.2) is 0 Å². The maximum Gasteiger partial charge on any atom is 0.302 e. The normalized spacial score (nSPS) is 11.7. The number of nitriles is 1. The molecule has 0 radical (unpaired) electrons. The molecular formula is C19H17Cl2N5O4. The topological polar surface area (TPSA) is 130 Å². The van der Waals surface area contributed by atoms with Crippen molar-refractivity contribution >= 4 is 51.9 Å². The Labute approximate surface area is 182 Å². The van der Waals surface area contributed by atoms with E-state index in [4.69, 9.17) is 27.9 Å². The van der Waals surface area contributed by atoms with Gasteiger partial charge in [0.2, 0.25) is 0 Å². The van der Waals surface area contributed by atoms with E-state index in [1.54, 1.807) is 24.3 Å². The van der Waals surface area contributed by atoms with Crippen LogP contribution >= 0.6 is 23.2 Å². The van der Waals surface area contributed by atoms with Gasteiger partial charge < -0.3 is 10.1 Å². The van der Waals surface area contributed by atoms with E-state index in [0.717, 1.165) is 12.1 Å². The highest BCUT2D eigenvalue weighted by Gasteiger charge is 2.14. The Morgan fingerprint density at radius 2 is 1.90 bits per heavy atom. The number of nitrogens with zero attached hydrogens (tertiary/aromatic N) is 4. The first-order valence-electron chi connectivity index (χ1n) is 8.75. The van der Waals surface area contributed by atoms with Crippen molar-refractivity contribution in [3.63, 3.8) is 0 Å². The molecule has 1 unspecified atom stereocenters. The minimum atomic E-state index is -0.602. The Morgan fingerprint density at radius 1 is 1.27 bits per heavy atom. The number of halogens is 2. The summed E-state index contributed by atoms with van der Waals surface area (Å²) < 4.78 is 4.85. The predicted molar refractivity (Wildman–Crippen MR) is 113 cm³/mol. The van der Waals surface area contributed by atoms with Gasteiger partial charge in [-0.15, -0.1) is 5.11 Å². The van der Waals surface area contributed by atoms with Gasteiger partial charge in [-0.1, -0.05) is 23.2 Å². The van der Waals surface area contributed by atoms with Crippen LogP contribution in [0, 0.1) is 21.4 Å². The van der Waals surface area contributed by atoms with Crippen molar-refractivity contribution < 1.29 is 14.5 Å². The van der Waals surface area contributed by atoms with Gasteiger partial charge in [0.15, 0.2) is 0 Å². The summed E-state index contributed by atoms with van der Waals surface area (Å²) in [6.07, 6.45) is 1.08. The molecule has 0 aliphatic carbocycles. The van der Waals surface area contributed by atoms with E-state index in [0.29, 0.717) is 24.2 Å². The van der Waals surface area contributed by atoms with Crippen LogP contribution in [0.15, 0.2) is 46.6 Å². The zero-order valence-corrected chi connectivity index (χ0v) is 17.4. The number of carbonyl (C=O) groups is 1. The summed E-state index contributed by atoms with van der Waals surface area (Å²) in [5.74, 6) is -0.350. The molecule has 2 aromatic rings. The zero-order chi connectivity index (χ0) is 22.1. The highest BCUT2D eigenvalue weighted by Crippen LogP contribution is 2.37. The second-order valence-electron chi connectivity index (χ2n) is 6.07. The lowest BCUT2D eigenvalue weighted by Gasteiger charge is -2.12. The smallest absolute Gasteiger partial charge is 0.302 e. The first kappa shape index (κ1) is 23.1. The van der Waals surface area contributed by atoms with Crippen molar-refractivity contribution in [2.75, 3.05) is 11.9 Å². The summed E-state index contributed by atoms with van der Waals surface area (Å²) in [6.45, 7) is 1.60. The van der Waals surface area contributed by atoms with Crippen LogP contribution in [0.3, 0.4) is 0 Å². The summed E-state index contributed by atoms with van der Waals surface area (Å²) in [6, 6.07) is 10.8. The number of nitro groups is 1. The first-order chi connectivity index (χ1) is 14.3. The summed E-state index contributed by atoms with van der Waals surface area (Å²) in [4.78, 5) is 21.0. The van der Waals surface area contributed by atoms with E-state index >= 15 is 0 Å². The zero-order valence-electron chi connectivity index (χ0n) is 15.8. The predicted octanol–water partition coefficient (Wildman–Crippen LogP) is 5.96. The number of esters is 1. The molecule has 2 aromatic carbocycles. The molecule has 0 aromatic heterocycles.